The molecule has 0 saturated heterocycles. The number of nitrogens with zero attached hydrogens (tertiary/aromatic N) is 1. The summed E-state index contributed by atoms with van der Waals surface area (Å²) in [6, 6.07) is 6.83. The van der Waals surface area contributed by atoms with Crippen LogP contribution >= 0.6 is 0 Å². The van der Waals surface area contributed by atoms with Crippen molar-refractivity contribution in [2.24, 2.45) is 0 Å². The highest BCUT2D eigenvalue weighted by Crippen LogP contribution is 2.39. The molecular weight excluding hydrogens is 334 g/mol. The Hall–Kier alpha value is -3.41. The summed E-state index contributed by atoms with van der Waals surface area (Å²) in [5.41, 5.74) is 1.92. The average Bonchev–Trinajstić information content (AvgIpc) is 2.97. The molecule has 0 fully saturated rings. The minimum atomic E-state index is -0.500. The van der Waals surface area contributed by atoms with Crippen LogP contribution in [0.5, 0.6) is 11.5 Å². The number of allylic oxidation sites excluding steroid dienone is 1. The van der Waals surface area contributed by atoms with E-state index in [1.807, 2.05) is 0 Å². The number of pyridine rings is 1. The van der Waals surface area contributed by atoms with Gasteiger partial charge in [-0.2, -0.15) is 0 Å². The fraction of sp³-hybridized carbons (Fsp3) is 0.150. The van der Waals surface area contributed by atoms with Crippen LogP contribution in [0.1, 0.15) is 21.5 Å². The van der Waals surface area contributed by atoms with E-state index in [4.69, 9.17) is 14.2 Å². The van der Waals surface area contributed by atoms with Gasteiger partial charge in [-0.1, -0.05) is 12.7 Å². The Balaban J connectivity index is 1.78. The summed E-state index contributed by atoms with van der Waals surface area (Å²) < 4.78 is 16.1. The molecule has 0 radical (unpaired) electrons. The third-order valence-corrected chi connectivity index (χ3v) is 3.75. The van der Waals surface area contributed by atoms with Crippen LogP contribution < -0.4 is 9.47 Å². The van der Waals surface area contributed by atoms with Crippen molar-refractivity contribution in [1.82, 2.24) is 4.98 Å². The second-order valence-electron chi connectivity index (χ2n) is 5.55. The van der Waals surface area contributed by atoms with Crippen LogP contribution in [-0.2, 0) is 9.53 Å². The van der Waals surface area contributed by atoms with E-state index >= 15 is 0 Å². The standard InChI is InChI=1S/C20H17NO5/c1-3-10-24-18(22)12-25-16-5-4-15-19(23)17(26-20(15)13(16)2)11-14-6-8-21-9-7-14/h3-9,11H,1,10,12H2,2H3/b17-11-. The van der Waals surface area contributed by atoms with Crippen molar-refractivity contribution in [2.45, 2.75) is 6.92 Å². The van der Waals surface area contributed by atoms with Crippen molar-refractivity contribution in [3.8, 4) is 11.5 Å². The molecule has 1 aliphatic heterocycles. The van der Waals surface area contributed by atoms with Gasteiger partial charge in [0.05, 0.1) is 5.56 Å². The summed E-state index contributed by atoms with van der Waals surface area (Å²) in [4.78, 5) is 28.0. The molecule has 0 saturated carbocycles. The number of carbonyl (C=O) groups is 2. The van der Waals surface area contributed by atoms with Gasteiger partial charge in [0.2, 0.25) is 5.78 Å². The van der Waals surface area contributed by atoms with E-state index in [0.29, 0.717) is 22.6 Å². The third kappa shape index (κ3) is 3.64. The zero-order chi connectivity index (χ0) is 18.5. The number of ether oxygens (including phenoxy) is 3. The zero-order valence-electron chi connectivity index (χ0n) is 14.2. The molecule has 1 aromatic heterocycles. The molecule has 0 aliphatic carbocycles. The van der Waals surface area contributed by atoms with E-state index in [0.717, 1.165) is 5.56 Å². The van der Waals surface area contributed by atoms with Gasteiger partial charge < -0.3 is 14.2 Å². The summed E-state index contributed by atoms with van der Waals surface area (Å²) >= 11 is 0. The number of esters is 1. The highest BCUT2D eigenvalue weighted by Gasteiger charge is 2.30. The Morgan fingerprint density at radius 1 is 1.27 bits per heavy atom. The van der Waals surface area contributed by atoms with Gasteiger partial charge in [-0.05, 0) is 42.8 Å². The van der Waals surface area contributed by atoms with E-state index in [1.54, 1.807) is 49.7 Å². The van der Waals surface area contributed by atoms with E-state index in [2.05, 4.69) is 11.6 Å². The fourth-order valence-corrected chi connectivity index (χ4v) is 2.47. The molecule has 26 heavy (non-hydrogen) atoms. The van der Waals surface area contributed by atoms with Crippen LogP contribution in [0, 0.1) is 6.92 Å². The van der Waals surface area contributed by atoms with Gasteiger partial charge in [-0.15, -0.1) is 0 Å². The van der Waals surface area contributed by atoms with Gasteiger partial charge in [0, 0.05) is 18.0 Å². The van der Waals surface area contributed by atoms with Gasteiger partial charge in [0.25, 0.3) is 0 Å². The van der Waals surface area contributed by atoms with E-state index in [9.17, 15) is 9.59 Å². The summed E-state index contributed by atoms with van der Waals surface area (Å²) in [6.45, 7) is 5.14. The van der Waals surface area contributed by atoms with Crippen molar-refractivity contribution in [3.63, 3.8) is 0 Å². The first kappa shape index (κ1) is 17.4. The molecule has 1 aliphatic rings. The second kappa shape index (κ2) is 7.65. The van der Waals surface area contributed by atoms with Crippen LogP contribution in [0.25, 0.3) is 6.08 Å². The lowest BCUT2D eigenvalue weighted by molar-refractivity contribution is -0.144. The van der Waals surface area contributed by atoms with Crippen LogP contribution in [0.2, 0.25) is 0 Å². The van der Waals surface area contributed by atoms with Crippen molar-refractivity contribution in [1.29, 1.82) is 0 Å². The Morgan fingerprint density at radius 3 is 2.77 bits per heavy atom. The first-order valence-electron chi connectivity index (χ1n) is 7.97. The second-order valence-corrected chi connectivity index (χ2v) is 5.55. The molecule has 0 amide bonds. The predicted octanol–water partition coefficient (Wildman–Crippen LogP) is 3.11. The SMILES string of the molecule is C=CCOC(=O)COc1ccc2c(c1C)O/C(=C\c1ccncc1)C2=O. The predicted molar refractivity (Wildman–Crippen MR) is 95.0 cm³/mol. The lowest BCUT2D eigenvalue weighted by atomic mass is 10.1. The Labute approximate surface area is 150 Å². The maximum Gasteiger partial charge on any atom is 0.344 e. The molecule has 0 N–H and O–H groups in total. The van der Waals surface area contributed by atoms with Crippen molar-refractivity contribution in [2.75, 3.05) is 13.2 Å². The number of benzene rings is 1. The highest BCUT2D eigenvalue weighted by molar-refractivity contribution is 6.14. The molecule has 6 heteroatoms. The van der Waals surface area contributed by atoms with Crippen LogP contribution in [0.3, 0.4) is 0 Å². The number of rotatable bonds is 6. The molecule has 1 aromatic carbocycles. The summed E-state index contributed by atoms with van der Waals surface area (Å²) in [5.74, 6) is 0.429. The summed E-state index contributed by atoms with van der Waals surface area (Å²) in [6.07, 6.45) is 6.43. The zero-order valence-corrected chi connectivity index (χ0v) is 14.2. The number of fused-ring (bicyclic) bond motifs is 1. The maximum atomic E-state index is 12.5. The van der Waals surface area contributed by atoms with Gasteiger partial charge >= 0.3 is 5.97 Å². The Bertz CT molecular complexity index is 887. The maximum absolute atomic E-state index is 12.5. The molecule has 0 atom stereocenters. The molecule has 0 unspecified atom stereocenters. The lowest BCUT2D eigenvalue weighted by Crippen LogP contribution is -2.15. The van der Waals surface area contributed by atoms with Crippen molar-refractivity contribution >= 4 is 17.8 Å². The molecule has 6 nitrogen and oxygen atoms in total. The Morgan fingerprint density at radius 2 is 2.04 bits per heavy atom. The number of carbonyl (C=O) groups excluding carboxylic acids is 2. The van der Waals surface area contributed by atoms with Gasteiger partial charge in [-0.25, -0.2) is 4.79 Å². The number of Topliss-reactive ketones (excluding diaryl/α,β-unsaturated/α-hetero) is 1. The topological polar surface area (TPSA) is 74.7 Å². The molecular formula is C20H17NO5. The number of hydrogen-bond donors (Lipinski definition) is 0. The largest absolute Gasteiger partial charge is 0.481 e. The number of hydrogen-bond acceptors (Lipinski definition) is 6. The number of ketones is 1. The van der Waals surface area contributed by atoms with E-state index in [-0.39, 0.29) is 24.8 Å². The minimum absolute atomic E-state index is 0.131. The third-order valence-electron chi connectivity index (χ3n) is 3.75. The van der Waals surface area contributed by atoms with Crippen molar-refractivity contribution in [3.05, 3.63) is 71.8 Å². The fourth-order valence-electron chi connectivity index (χ4n) is 2.47. The molecule has 0 bridgehead atoms. The monoisotopic (exact) mass is 351 g/mol. The summed E-state index contributed by atoms with van der Waals surface area (Å²) in [7, 11) is 0. The summed E-state index contributed by atoms with van der Waals surface area (Å²) in [5, 5.41) is 0. The molecule has 0 spiro atoms. The molecule has 2 heterocycles. The van der Waals surface area contributed by atoms with Crippen LogP contribution in [0.4, 0.5) is 0 Å². The van der Waals surface area contributed by atoms with Gasteiger partial charge in [-0.3, -0.25) is 9.78 Å². The normalized spacial score (nSPS) is 13.9. The average molecular weight is 351 g/mol. The van der Waals surface area contributed by atoms with Crippen LogP contribution in [-0.4, -0.2) is 30.0 Å². The van der Waals surface area contributed by atoms with E-state index < -0.39 is 5.97 Å². The molecule has 132 valence electrons. The quantitative estimate of drug-likeness (QED) is 0.452. The first-order chi connectivity index (χ1) is 12.6. The molecule has 3 rings (SSSR count). The van der Waals surface area contributed by atoms with Gasteiger partial charge in [0.15, 0.2) is 12.4 Å². The highest BCUT2D eigenvalue weighted by atomic mass is 16.6. The van der Waals surface area contributed by atoms with E-state index in [1.165, 1.54) is 6.08 Å². The Kier molecular flexibility index (Phi) is 5.12. The minimum Gasteiger partial charge on any atom is -0.481 e. The smallest absolute Gasteiger partial charge is 0.344 e. The lowest BCUT2D eigenvalue weighted by Gasteiger charge is -2.10. The molecule has 2 aromatic rings. The van der Waals surface area contributed by atoms with Crippen LogP contribution in [0.15, 0.2) is 55.1 Å². The van der Waals surface area contributed by atoms with Gasteiger partial charge in [0.1, 0.15) is 18.1 Å². The van der Waals surface area contributed by atoms with Crippen molar-refractivity contribution < 1.29 is 23.8 Å². The number of aromatic nitrogens is 1. The first-order valence-corrected chi connectivity index (χ1v) is 7.97.